The molecule has 0 N–H and O–H groups in total. The van der Waals surface area contributed by atoms with Gasteiger partial charge in [0.2, 0.25) is 5.91 Å². The van der Waals surface area contributed by atoms with Crippen LogP contribution in [0.2, 0.25) is 0 Å². The molecule has 0 saturated carbocycles. The van der Waals surface area contributed by atoms with Gasteiger partial charge in [-0.2, -0.15) is 0 Å². The lowest BCUT2D eigenvalue weighted by Crippen LogP contribution is -2.51. The number of aldehydes is 1. The molecular formula is C9H16N2O2. The van der Waals surface area contributed by atoms with Gasteiger partial charge in [0.15, 0.2) is 0 Å². The van der Waals surface area contributed by atoms with Gasteiger partial charge in [-0.05, 0) is 20.8 Å². The Balaban J connectivity index is 2.77. The van der Waals surface area contributed by atoms with Crippen LogP contribution in [0.1, 0.15) is 27.2 Å². The van der Waals surface area contributed by atoms with Crippen molar-refractivity contribution in [2.75, 3.05) is 13.1 Å². The number of hydrogen-bond acceptors (Lipinski definition) is 3. The standard InChI is InChI=1S/C9H16N2O2/c1-9(2,3)11-8(13)4-5-10(11)6-7-12/h7H,4-6H2,1-3H3. The first-order valence-corrected chi connectivity index (χ1v) is 4.48. The van der Waals surface area contributed by atoms with E-state index in [2.05, 4.69) is 0 Å². The zero-order valence-electron chi connectivity index (χ0n) is 8.41. The average molecular weight is 184 g/mol. The van der Waals surface area contributed by atoms with Crippen molar-refractivity contribution >= 4 is 12.2 Å². The Kier molecular flexibility index (Phi) is 2.71. The van der Waals surface area contributed by atoms with E-state index >= 15 is 0 Å². The van der Waals surface area contributed by atoms with Crippen LogP contribution in [0.25, 0.3) is 0 Å². The molecule has 0 bridgehead atoms. The van der Waals surface area contributed by atoms with E-state index in [0.29, 0.717) is 19.5 Å². The molecular weight excluding hydrogens is 168 g/mol. The lowest BCUT2D eigenvalue weighted by atomic mass is 10.1. The summed E-state index contributed by atoms with van der Waals surface area (Å²) >= 11 is 0. The third kappa shape index (κ3) is 2.06. The minimum atomic E-state index is -0.226. The van der Waals surface area contributed by atoms with Crippen LogP contribution in [0.3, 0.4) is 0 Å². The molecule has 13 heavy (non-hydrogen) atoms. The molecule has 0 atom stereocenters. The summed E-state index contributed by atoms with van der Waals surface area (Å²) in [4.78, 5) is 21.8. The van der Waals surface area contributed by atoms with Gasteiger partial charge in [-0.25, -0.2) is 5.01 Å². The largest absolute Gasteiger partial charge is 0.302 e. The van der Waals surface area contributed by atoms with Gasteiger partial charge in [0.1, 0.15) is 6.29 Å². The van der Waals surface area contributed by atoms with Gasteiger partial charge in [-0.3, -0.25) is 9.80 Å². The Labute approximate surface area is 78.5 Å². The van der Waals surface area contributed by atoms with Crippen molar-refractivity contribution in [1.29, 1.82) is 0 Å². The van der Waals surface area contributed by atoms with Crippen LogP contribution >= 0.6 is 0 Å². The van der Waals surface area contributed by atoms with Gasteiger partial charge in [0.05, 0.1) is 12.1 Å². The molecule has 1 fully saturated rings. The molecule has 0 aromatic heterocycles. The Morgan fingerprint density at radius 3 is 2.54 bits per heavy atom. The zero-order valence-corrected chi connectivity index (χ0v) is 8.41. The Bertz CT molecular complexity index is 220. The van der Waals surface area contributed by atoms with Crippen molar-refractivity contribution in [3.63, 3.8) is 0 Å². The molecule has 0 aliphatic carbocycles. The topological polar surface area (TPSA) is 40.6 Å². The van der Waals surface area contributed by atoms with Crippen LogP contribution in [0.4, 0.5) is 0 Å². The summed E-state index contributed by atoms with van der Waals surface area (Å²) in [5, 5.41) is 3.48. The molecule has 4 heteroatoms. The summed E-state index contributed by atoms with van der Waals surface area (Å²) in [6, 6.07) is 0. The Morgan fingerprint density at radius 1 is 1.46 bits per heavy atom. The number of rotatable bonds is 2. The second kappa shape index (κ2) is 3.46. The SMILES string of the molecule is CC(C)(C)N1C(=O)CCN1CC=O. The van der Waals surface area contributed by atoms with Crippen molar-refractivity contribution in [2.24, 2.45) is 0 Å². The molecule has 0 unspecified atom stereocenters. The van der Waals surface area contributed by atoms with Gasteiger partial charge in [-0.1, -0.05) is 0 Å². The molecule has 0 aromatic carbocycles. The first-order chi connectivity index (χ1) is 5.96. The van der Waals surface area contributed by atoms with Crippen LogP contribution in [-0.2, 0) is 9.59 Å². The molecule has 1 aliphatic rings. The highest BCUT2D eigenvalue weighted by molar-refractivity contribution is 5.78. The van der Waals surface area contributed by atoms with E-state index in [1.807, 2.05) is 20.8 Å². The number of hydrazine groups is 1. The smallest absolute Gasteiger partial charge is 0.238 e. The number of carbonyl (C=O) groups is 2. The first kappa shape index (κ1) is 10.2. The lowest BCUT2D eigenvalue weighted by molar-refractivity contribution is -0.148. The molecule has 0 aromatic rings. The zero-order chi connectivity index (χ0) is 10.1. The maximum Gasteiger partial charge on any atom is 0.238 e. The van der Waals surface area contributed by atoms with Crippen molar-refractivity contribution in [3.8, 4) is 0 Å². The van der Waals surface area contributed by atoms with Gasteiger partial charge >= 0.3 is 0 Å². The molecule has 0 radical (unpaired) electrons. The normalized spacial score (nSPS) is 19.6. The maximum atomic E-state index is 11.5. The van der Waals surface area contributed by atoms with Crippen molar-refractivity contribution in [1.82, 2.24) is 10.0 Å². The van der Waals surface area contributed by atoms with Crippen LogP contribution in [-0.4, -0.2) is 40.8 Å². The molecule has 4 nitrogen and oxygen atoms in total. The number of nitrogens with zero attached hydrogens (tertiary/aromatic N) is 2. The summed E-state index contributed by atoms with van der Waals surface area (Å²) in [6.45, 7) is 6.87. The number of carbonyl (C=O) groups excluding carboxylic acids is 2. The third-order valence-corrected chi connectivity index (χ3v) is 2.02. The fraction of sp³-hybridized carbons (Fsp3) is 0.778. The highest BCUT2D eigenvalue weighted by atomic mass is 16.2. The van der Waals surface area contributed by atoms with Gasteiger partial charge in [-0.15, -0.1) is 0 Å². The second-order valence-corrected chi connectivity index (χ2v) is 4.21. The average Bonchev–Trinajstić information content (AvgIpc) is 2.31. The molecule has 1 saturated heterocycles. The van der Waals surface area contributed by atoms with E-state index in [1.54, 1.807) is 10.0 Å². The van der Waals surface area contributed by atoms with Crippen LogP contribution < -0.4 is 0 Å². The summed E-state index contributed by atoms with van der Waals surface area (Å²) < 4.78 is 0. The molecule has 74 valence electrons. The van der Waals surface area contributed by atoms with E-state index < -0.39 is 0 Å². The van der Waals surface area contributed by atoms with Gasteiger partial charge in [0, 0.05) is 13.0 Å². The summed E-state index contributed by atoms with van der Waals surface area (Å²) in [5.41, 5.74) is -0.226. The summed E-state index contributed by atoms with van der Waals surface area (Å²) in [5.74, 6) is 0.106. The number of amides is 1. The minimum absolute atomic E-state index is 0.106. The summed E-state index contributed by atoms with van der Waals surface area (Å²) in [6.07, 6.45) is 1.35. The van der Waals surface area contributed by atoms with E-state index in [4.69, 9.17) is 0 Å². The fourth-order valence-corrected chi connectivity index (χ4v) is 1.65. The van der Waals surface area contributed by atoms with E-state index in [1.165, 1.54) is 0 Å². The Hall–Kier alpha value is -0.900. The van der Waals surface area contributed by atoms with Crippen molar-refractivity contribution in [2.45, 2.75) is 32.7 Å². The molecule has 1 heterocycles. The third-order valence-electron chi connectivity index (χ3n) is 2.02. The van der Waals surface area contributed by atoms with E-state index in [9.17, 15) is 9.59 Å². The summed E-state index contributed by atoms with van der Waals surface area (Å²) in [7, 11) is 0. The predicted octanol–water partition coefficient (Wildman–Crippen LogP) is 0.433. The van der Waals surface area contributed by atoms with E-state index in [0.717, 1.165) is 6.29 Å². The maximum absolute atomic E-state index is 11.5. The molecule has 0 spiro atoms. The van der Waals surface area contributed by atoms with Crippen LogP contribution in [0.5, 0.6) is 0 Å². The fourth-order valence-electron chi connectivity index (χ4n) is 1.65. The minimum Gasteiger partial charge on any atom is -0.302 e. The predicted molar refractivity (Wildman–Crippen MR) is 48.9 cm³/mol. The van der Waals surface area contributed by atoms with Crippen molar-refractivity contribution < 1.29 is 9.59 Å². The van der Waals surface area contributed by atoms with E-state index in [-0.39, 0.29) is 11.4 Å². The number of hydrogen-bond donors (Lipinski definition) is 0. The van der Waals surface area contributed by atoms with Crippen LogP contribution in [0, 0.1) is 0 Å². The first-order valence-electron chi connectivity index (χ1n) is 4.48. The second-order valence-electron chi connectivity index (χ2n) is 4.21. The van der Waals surface area contributed by atoms with Gasteiger partial charge < -0.3 is 4.79 Å². The monoisotopic (exact) mass is 184 g/mol. The Morgan fingerprint density at radius 2 is 2.08 bits per heavy atom. The highest BCUT2D eigenvalue weighted by Gasteiger charge is 2.36. The highest BCUT2D eigenvalue weighted by Crippen LogP contribution is 2.22. The van der Waals surface area contributed by atoms with Crippen LogP contribution in [0.15, 0.2) is 0 Å². The lowest BCUT2D eigenvalue weighted by Gasteiger charge is -2.37. The van der Waals surface area contributed by atoms with Gasteiger partial charge in [0.25, 0.3) is 0 Å². The molecule has 1 amide bonds. The quantitative estimate of drug-likeness (QED) is 0.584. The molecule has 1 aliphatic heterocycles. The van der Waals surface area contributed by atoms with Crippen molar-refractivity contribution in [3.05, 3.63) is 0 Å². The molecule has 1 rings (SSSR count).